The maximum absolute atomic E-state index is 12.7. The number of carboxylic acids is 1. The maximum Gasteiger partial charge on any atom is 0.310 e. The molecule has 0 spiro atoms. The zero-order valence-corrected chi connectivity index (χ0v) is 12.8. The van der Waals surface area contributed by atoms with Gasteiger partial charge in [-0.1, -0.05) is 25.1 Å². The number of carboxylic acid groups (broad SMARTS) is 1. The smallest absolute Gasteiger partial charge is 0.310 e. The molecule has 1 aromatic carbocycles. The number of carbonyl (C=O) groups excluding carboxylic acids is 1. The SMILES string of the molecule is CCc1cccc(C)c1NC(=O)[C@@H]1[C@@H](C(=O)O)[C@@H]2CC[C@@H]1O2. The molecule has 1 amide bonds. The van der Waals surface area contributed by atoms with Crippen molar-refractivity contribution in [2.45, 2.75) is 45.3 Å². The predicted octanol–water partition coefficient (Wildman–Crippen LogP) is 2.37. The van der Waals surface area contributed by atoms with Crippen LogP contribution in [0.25, 0.3) is 0 Å². The normalized spacial score (nSPS) is 29.5. The second-order valence-electron chi connectivity index (χ2n) is 6.13. The molecule has 2 N–H and O–H groups in total. The predicted molar refractivity (Wildman–Crippen MR) is 81.7 cm³/mol. The zero-order valence-electron chi connectivity index (χ0n) is 12.8. The molecule has 4 atom stereocenters. The molecular formula is C17H21NO4. The summed E-state index contributed by atoms with van der Waals surface area (Å²) in [5.74, 6) is -2.50. The maximum atomic E-state index is 12.7. The van der Waals surface area contributed by atoms with E-state index in [0.717, 1.165) is 36.1 Å². The standard InChI is InChI=1S/C17H21NO4/c1-3-10-6-4-5-9(2)15(10)18-16(19)13-11-7-8-12(22-11)14(13)17(20)21/h4-6,11-14H,3,7-8H2,1-2H3,(H,18,19)(H,20,21)/t11-,12-,13-,14-/m0/s1. The van der Waals surface area contributed by atoms with E-state index in [2.05, 4.69) is 5.32 Å². The number of hydrogen-bond donors (Lipinski definition) is 2. The molecule has 0 aliphatic carbocycles. The minimum atomic E-state index is -0.937. The number of aliphatic carboxylic acids is 1. The highest BCUT2D eigenvalue weighted by Crippen LogP contribution is 2.44. The highest BCUT2D eigenvalue weighted by atomic mass is 16.5. The fourth-order valence-electron chi connectivity index (χ4n) is 3.73. The van der Waals surface area contributed by atoms with E-state index in [4.69, 9.17) is 4.74 Å². The van der Waals surface area contributed by atoms with Crippen LogP contribution >= 0.6 is 0 Å². The van der Waals surface area contributed by atoms with E-state index in [1.54, 1.807) is 0 Å². The molecule has 2 saturated heterocycles. The number of ether oxygens (including phenoxy) is 1. The summed E-state index contributed by atoms with van der Waals surface area (Å²) < 4.78 is 5.66. The number of para-hydroxylation sites is 1. The fourth-order valence-corrected chi connectivity index (χ4v) is 3.73. The van der Waals surface area contributed by atoms with Gasteiger partial charge < -0.3 is 15.2 Å². The Balaban J connectivity index is 1.84. The first-order valence-corrected chi connectivity index (χ1v) is 7.80. The topological polar surface area (TPSA) is 75.6 Å². The average molecular weight is 303 g/mol. The molecule has 2 aliphatic rings. The molecule has 3 rings (SSSR count). The molecule has 1 aromatic rings. The van der Waals surface area contributed by atoms with Crippen LogP contribution in [0.15, 0.2) is 18.2 Å². The number of benzene rings is 1. The number of carbonyl (C=O) groups is 2. The lowest BCUT2D eigenvalue weighted by Crippen LogP contribution is -2.41. The highest BCUT2D eigenvalue weighted by Gasteiger charge is 2.55. The van der Waals surface area contributed by atoms with Crippen molar-refractivity contribution >= 4 is 17.6 Å². The van der Waals surface area contributed by atoms with Crippen LogP contribution in [-0.4, -0.2) is 29.2 Å². The largest absolute Gasteiger partial charge is 0.481 e. The molecule has 2 aliphatic heterocycles. The molecular weight excluding hydrogens is 282 g/mol. The lowest BCUT2D eigenvalue weighted by molar-refractivity contribution is -0.147. The van der Waals surface area contributed by atoms with E-state index in [1.807, 2.05) is 32.0 Å². The van der Waals surface area contributed by atoms with Crippen LogP contribution in [0.5, 0.6) is 0 Å². The van der Waals surface area contributed by atoms with Crippen molar-refractivity contribution in [1.82, 2.24) is 0 Å². The van der Waals surface area contributed by atoms with Crippen LogP contribution in [-0.2, 0) is 20.7 Å². The first-order chi connectivity index (χ1) is 10.5. The monoisotopic (exact) mass is 303 g/mol. The quantitative estimate of drug-likeness (QED) is 0.895. The van der Waals surface area contributed by atoms with Crippen LogP contribution in [0, 0.1) is 18.8 Å². The van der Waals surface area contributed by atoms with Gasteiger partial charge in [-0.3, -0.25) is 9.59 Å². The van der Waals surface area contributed by atoms with Crippen molar-refractivity contribution < 1.29 is 19.4 Å². The fraction of sp³-hybridized carbons (Fsp3) is 0.529. The zero-order chi connectivity index (χ0) is 15.9. The van der Waals surface area contributed by atoms with Gasteiger partial charge in [-0.2, -0.15) is 0 Å². The van der Waals surface area contributed by atoms with Gasteiger partial charge in [0.2, 0.25) is 5.91 Å². The van der Waals surface area contributed by atoms with E-state index in [0.29, 0.717) is 0 Å². The van der Waals surface area contributed by atoms with Gasteiger partial charge in [-0.05, 0) is 37.3 Å². The number of aryl methyl sites for hydroxylation is 2. The molecule has 5 nitrogen and oxygen atoms in total. The third-order valence-corrected chi connectivity index (χ3v) is 4.85. The Morgan fingerprint density at radius 1 is 1.27 bits per heavy atom. The van der Waals surface area contributed by atoms with Crippen molar-refractivity contribution in [3.8, 4) is 0 Å². The van der Waals surface area contributed by atoms with Gasteiger partial charge >= 0.3 is 5.97 Å². The van der Waals surface area contributed by atoms with Crippen LogP contribution in [0.4, 0.5) is 5.69 Å². The van der Waals surface area contributed by atoms with E-state index in [9.17, 15) is 14.7 Å². The summed E-state index contributed by atoms with van der Waals surface area (Å²) in [6, 6.07) is 5.89. The summed E-state index contributed by atoms with van der Waals surface area (Å²) in [7, 11) is 0. The number of hydrogen-bond acceptors (Lipinski definition) is 3. The Bertz CT molecular complexity index is 613. The third-order valence-electron chi connectivity index (χ3n) is 4.85. The Hall–Kier alpha value is -1.88. The first-order valence-electron chi connectivity index (χ1n) is 7.80. The summed E-state index contributed by atoms with van der Waals surface area (Å²) in [5, 5.41) is 12.4. The van der Waals surface area contributed by atoms with Gasteiger partial charge in [0.05, 0.1) is 24.0 Å². The molecule has 0 saturated carbocycles. The van der Waals surface area contributed by atoms with Crippen molar-refractivity contribution in [2.24, 2.45) is 11.8 Å². The van der Waals surface area contributed by atoms with Gasteiger partial charge in [0.25, 0.3) is 0 Å². The summed E-state index contributed by atoms with van der Waals surface area (Å²) in [6.07, 6.45) is 1.73. The molecule has 0 radical (unpaired) electrons. The Kier molecular flexibility index (Phi) is 3.91. The lowest BCUT2D eigenvalue weighted by Gasteiger charge is -2.24. The molecule has 5 heteroatoms. The van der Waals surface area contributed by atoms with Gasteiger partial charge in [-0.25, -0.2) is 0 Å². The van der Waals surface area contributed by atoms with Crippen LogP contribution in [0.2, 0.25) is 0 Å². The van der Waals surface area contributed by atoms with Gasteiger partial charge in [0.1, 0.15) is 0 Å². The summed E-state index contributed by atoms with van der Waals surface area (Å²) >= 11 is 0. The van der Waals surface area contributed by atoms with Gasteiger partial charge in [0.15, 0.2) is 0 Å². The van der Waals surface area contributed by atoms with Crippen molar-refractivity contribution in [1.29, 1.82) is 0 Å². The first kappa shape index (κ1) is 15.0. The number of fused-ring (bicyclic) bond motifs is 2. The van der Waals surface area contributed by atoms with Gasteiger partial charge in [-0.15, -0.1) is 0 Å². The number of nitrogens with one attached hydrogen (secondary N) is 1. The van der Waals surface area contributed by atoms with E-state index in [-0.39, 0.29) is 18.1 Å². The van der Waals surface area contributed by atoms with Crippen molar-refractivity contribution in [3.05, 3.63) is 29.3 Å². The van der Waals surface area contributed by atoms with E-state index < -0.39 is 17.8 Å². The van der Waals surface area contributed by atoms with E-state index in [1.165, 1.54) is 0 Å². The summed E-state index contributed by atoms with van der Waals surface area (Å²) in [6.45, 7) is 3.98. The molecule has 118 valence electrons. The van der Waals surface area contributed by atoms with Gasteiger partial charge in [0, 0.05) is 5.69 Å². The highest BCUT2D eigenvalue weighted by molar-refractivity contribution is 5.97. The molecule has 2 fully saturated rings. The Labute approximate surface area is 129 Å². The minimum absolute atomic E-state index is 0.233. The molecule has 0 unspecified atom stereocenters. The lowest BCUT2D eigenvalue weighted by atomic mass is 9.78. The van der Waals surface area contributed by atoms with Crippen LogP contribution in [0.1, 0.15) is 30.9 Å². The number of amides is 1. The molecule has 22 heavy (non-hydrogen) atoms. The summed E-state index contributed by atoms with van der Waals surface area (Å²) in [5.41, 5.74) is 2.86. The third kappa shape index (κ3) is 2.39. The van der Waals surface area contributed by atoms with Crippen LogP contribution < -0.4 is 5.32 Å². The molecule has 2 bridgehead atoms. The second kappa shape index (κ2) is 5.72. The molecule has 0 aromatic heterocycles. The summed E-state index contributed by atoms with van der Waals surface area (Å²) in [4.78, 5) is 24.2. The van der Waals surface area contributed by atoms with Crippen molar-refractivity contribution in [2.75, 3.05) is 5.32 Å². The van der Waals surface area contributed by atoms with Crippen molar-refractivity contribution in [3.63, 3.8) is 0 Å². The number of anilines is 1. The van der Waals surface area contributed by atoms with E-state index >= 15 is 0 Å². The number of rotatable bonds is 4. The molecule has 2 heterocycles. The minimum Gasteiger partial charge on any atom is -0.481 e. The Morgan fingerprint density at radius 3 is 2.59 bits per heavy atom. The average Bonchev–Trinajstić information content (AvgIpc) is 3.09. The Morgan fingerprint density at radius 2 is 1.95 bits per heavy atom. The second-order valence-corrected chi connectivity index (χ2v) is 6.13. The van der Waals surface area contributed by atoms with Crippen LogP contribution in [0.3, 0.4) is 0 Å².